The second-order valence-electron chi connectivity index (χ2n) is 19.6. The highest BCUT2D eigenvalue weighted by molar-refractivity contribution is 5.95. The molecule has 376 valence electrons. The Morgan fingerprint density at radius 2 is 1.07 bits per heavy atom. The summed E-state index contributed by atoms with van der Waals surface area (Å²) in [7, 11) is 1.47. The van der Waals surface area contributed by atoms with E-state index in [0.29, 0.717) is 71.2 Å². The lowest BCUT2D eigenvalue weighted by molar-refractivity contribution is -0.149. The summed E-state index contributed by atoms with van der Waals surface area (Å²) in [6, 6.07) is 11.2. The highest BCUT2D eigenvalue weighted by Gasteiger charge is 2.48. The molecule has 0 aromatic heterocycles. The molecule has 4 N–H and O–H groups in total. The van der Waals surface area contributed by atoms with Crippen LogP contribution in [0.1, 0.15) is 123 Å². The van der Waals surface area contributed by atoms with Crippen LogP contribution in [0.15, 0.2) is 48.5 Å². The van der Waals surface area contributed by atoms with Crippen molar-refractivity contribution >= 4 is 41.5 Å². The molecule has 2 aromatic rings. The van der Waals surface area contributed by atoms with Gasteiger partial charge in [-0.1, -0.05) is 50.2 Å². The predicted octanol–water partition coefficient (Wildman–Crippen LogP) is 4.00. The third-order valence-electron chi connectivity index (χ3n) is 13.7. The number of nitrogens with zero attached hydrogens (tertiary/aromatic N) is 3. The Balaban J connectivity index is 0.000000208. The van der Waals surface area contributed by atoms with Crippen LogP contribution >= 0.6 is 0 Å². The number of carbonyl (C=O) groups is 7. The van der Waals surface area contributed by atoms with Crippen molar-refractivity contribution in [3.05, 3.63) is 59.7 Å². The fraction of sp³-hybridized carbons (Fsp3) is 0.620. The molecule has 7 amide bonds. The quantitative estimate of drug-likeness (QED) is 0.266. The largest absolute Gasteiger partial charge is 0.493 e. The normalized spacial score (nSPS) is 27.0. The summed E-state index contributed by atoms with van der Waals surface area (Å²) in [5.74, 6) is -0.305. The van der Waals surface area contributed by atoms with Crippen LogP contribution in [0.2, 0.25) is 0 Å². The zero-order valence-corrected chi connectivity index (χ0v) is 40.8. The molecule has 6 aliphatic rings. The van der Waals surface area contributed by atoms with Gasteiger partial charge in [0.15, 0.2) is 0 Å². The number of amides is 7. The second-order valence-corrected chi connectivity index (χ2v) is 19.6. The zero-order valence-electron chi connectivity index (χ0n) is 40.8. The molecule has 4 fully saturated rings. The van der Waals surface area contributed by atoms with E-state index in [0.717, 1.165) is 22.6 Å². The first-order valence-corrected chi connectivity index (χ1v) is 24.4. The summed E-state index contributed by atoms with van der Waals surface area (Å²) in [5, 5.41) is 11.8. The number of carbonyl (C=O) groups excluding carboxylic acids is 7. The van der Waals surface area contributed by atoms with Crippen LogP contribution < -0.4 is 30.7 Å². The van der Waals surface area contributed by atoms with Crippen molar-refractivity contribution in [2.45, 2.75) is 160 Å². The number of ether oxygens (including phenoxy) is 5. The maximum atomic E-state index is 13.6. The Kier molecular flexibility index (Phi) is 16.4. The maximum Gasteiger partial charge on any atom is 0.410 e. The Morgan fingerprint density at radius 3 is 1.52 bits per heavy atom. The summed E-state index contributed by atoms with van der Waals surface area (Å²) < 4.78 is 28.5. The lowest BCUT2D eigenvalue weighted by atomic mass is 10.00. The van der Waals surface area contributed by atoms with Gasteiger partial charge in [-0.2, -0.15) is 0 Å². The van der Waals surface area contributed by atoms with Gasteiger partial charge in [0.2, 0.25) is 35.4 Å². The minimum atomic E-state index is -0.876. The summed E-state index contributed by atoms with van der Waals surface area (Å²) in [6.45, 7) is 12.2. The lowest BCUT2D eigenvalue weighted by Gasteiger charge is -2.33. The Labute approximate surface area is 404 Å². The maximum absolute atomic E-state index is 13.6. The second kappa shape index (κ2) is 22.2. The molecule has 6 aliphatic heterocycles. The van der Waals surface area contributed by atoms with E-state index in [-0.39, 0.29) is 60.6 Å². The van der Waals surface area contributed by atoms with Crippen LogP contribution in [0.3, 0.4) is 0 Å². The van der Waals surface area contributed by atoms with Crippen LogP contribution in [0.5, 0.6) is 11.5 Å². The van der Waals surface area contributed by atoms with Crippen molar-refractivity contribution in [1.29, 1.82) is 0 Å². The molecule has 0 unspecified atom stereocenters. The highest BCUT2D eigenvalue weighted by Crippen LogP contribution is 2.36. The summed E-state index contributed by atoms with van der Waals surface area (Å²) in [6.07, 6.45) is 3.26. The Morgan fingerprint density at radius 1 is 0.638 bits per heavy atom. The number of para-hydroxylation sites is 2. The first-order valence-electron chi connectivity index (χ1n) is 24.4. The van der Waals surface area contributed by atoms with Gasteiger partial charge in [-0.15, -0.1) is 0 Å². The van der Waals surface area contributed by atoms with Crippen LogP contribution in [-0.4, -0.2) is 138 Å². The van der Waals surface area contributed by atoms with Crippen LogP contribution in [0.4, 0.5) is 4.79 Å². The van der Waals surface area contributed by atoms with E-state index >= 15 is 0 Å². The molecule has 0 radical (unpaired) electrons. The Bertz CT molecular complexity index is 2220. The average Bonchev–Trinajstić information content (AvgIpc) is 3.89. The molecule has 6 heterocycles. The predicted molar refractivity (Wildman–Crippen MR) is 250 cm³/mol. The molecule has 4 saturated heterocycles. The first-order chi connectivity index (χ1) is 32.9. The van der Waals surface area contributed by atoms with Gasteiger partial charge in [0.05, 0.1) is 38.5 Å². The van der Waals surface area contributed by atoms with Crippen LogP contribution in [0, 0.1) is 5.92 Å². The molecular formula is C50H69N7O12. The first kappa shape index (κ1) is 50.9. The standard InChI is InChI=1S/C27H38N4O7.C23H31N3O5/c1-16(30(5)26(35)38-27(2,3)4)23(32)29-19-13-15-37-22-11-10-20(31(22)25(19)34)24(33)28-18-12-14-36-21-9-7-6-8-17(18)21;1-3-14(2)21(27)25-17-11-13-31-20-9-8-18(26(20)23(17)29)22(28)24-16-10-12-30-19-7-5-4-6-15(16)19/h6-9,16,18-20,22H,10-15H2,1-5H3,(H,28,33)(H,29,32);4-7,14,16-18,20H,3,8-13H2,1-2H3,(H,24,28)(H,25,27)/t16-,18+,19+,20-,22+;14-,16-,17-,18+,20-/m10/s1. The highest BCUT2D eigenvalue weighted by atomic mass is 16.6. The van der Waals surface area contributed by atoms with Gasteiger partial charge in [0, 0.05) is 49.8 Å². The van der Waals surface area contributed by atoms with Crippen molar-refractivity contribution in [3.8, 4) is 11.5 Å². The summed E-state index contributed by atoms with van der Waals surface area (Å²) in [4.78, 5) is 95.5. The minimum absolute atomic E-state index is 0.140. The van der Waals surface area contributed by atoms with Gasteiger partial charge in [-0.05, 0) is 71.9 Å². The van der Waals surface area contributed by atoms with Gasteiger partial charge in [-0.25, -0.2) is 4.79 Å². The number of likely N-dealkylation sites (N-methyl/N-ethyl adjacent to an activating group) is 1. The number of rotatable bonds is 10. The molecule has 8 rings (SSSR count). The van der Waals surface area contributed by atoms with E-state index in [1.807, 2.05) is 62.4 Å². The van der Waals surface area contributed by atoms with E-state index in [2.05, 4.69) is 21.3 Å². The van der Waals surface area contributed by atoms with Crippen molar-refractivity contribution in [1.82, 2.24) is 36.0 Å². The van der Waals surface area contributed by atoms with Gasteiger partial charge < -0.3 is 54.8 Å². The molecule has 10 atom stereocenters. The SMILES string of the molecule is CC[C@H](C)C(=O)N[C@H]1CCO[C@H]2CC[C@H](C(=O)N[C@H]3CCOc4ccccc43)N2C1=O.C[C@H](C(=O)N[C@H]1CCO[C@H]2CC[C@H](C(=O)N[C@H]3CCOc4ccccc43)N2C1=O)N(C)C(=O)OC(C)(C)C. The lowest BCUT2D eigenvalue weighted by Crippen LogP contribution is -2.57. The number of fused-ring (bicyclic) bond motifs is 4. The van der Waals surface area contributed by atoms with Crippen molar-refractivity contribution in [2.75, 3.05) is 33.5 Å². The van der Waals surface area contributed by atoms with E-state index in [1.54, 1.807) is 32.6 Å². The van der Waals surface area contributed by atoms with Crippen molar-refractivity contribution in [3.63, 3.8) is 0 Å². The van der Waals surface area contributed by atoms with Crippen LogP contribution in [-0.2, 0) is 43.0 Å². The molecule has 0 aliphatic carbocycles. The minimum Gasteiger partial charge on any atom is -0.493 e. The molecule has 2 aromatic carbocycles. The van der Waals surface area contributed by atoms with E-state index < -0.39 is 60.3 Å². The third kappa shape index (κ3) is 11.9. The molecule has 0 spiro atoms. The molecule has 19 nitrogen and oxygen atoms in total. The smallest absolute Gasteiger partial charge is 0.410 e. The number of hydrogen-bond donors (Lipinski definition) is 4. The van der Waals surface area contributed by atoms with Gasteiger partial charge in [0.25, 0.3) is 0 Å². The number of hydrogen-bond acceptors (Lipinski definition) is 12. The zero-order chi connectivity index (χ0) is 49.6. The van der Waals surface area contributed by atoms with Crippen molar-refractivity contribution in [2.24, 2.45) is 5.92 Å². The molecule has 0 saturated carbocycles. The monoisotopic (exact) mass is 960 g/mol. The van der Waals surface area contributed by atoms with Gasteiger partial charge in [0.1, 0.15) is 59.8 Å². The van der Waals surface area contributed by atoms with E-state index in [4.69, 9.17) is 23.7 Å². The molecule has 19 heteroatoms. The average molecular weight is 960 g/mol. The van der Waals surface area contributed by atoms with Gasteiger partial charge >= 0.3 is 6.09 Å². The topological polar surface area (TPSA) is 223 Å². The molecular weight excluding hydrogens is 891 g/mol. The van der Waals surface area contributed by atoms with E-state index in [9.17, 15) is 33.6 Å². The van der Waals surface area contributed by atoms with Gasteiger partial charge in [-0.3, -0.25) is 33.7 Å². The third-order valence-corrected chi connectivity index (χ3v) is 13.7. The number of nitrogens with one attached hydrogen (secondary N) is 4. The fourth-order valence-corrected chi connectivity index (χ4v) is 9.49. The summed E-state index contributed by atoms with van der Waals surface area (Å²) >= 11 is 0. The number of benzene rings is 2. The Hall–Kier alpha value is -5.95. The molecule has 0 bridgehead atoms. The van der Waals surface area contributed by atoms with Crippen molar-refractivity contribution < 1.29 is 57.2 Å². The fourth-order valence-electron chi connectivity index (χ4n) is 9.49. The summed E-state index contributed by atoms with van der Waals surface area (Å²) in [5.41, 5.74) is 1.16. The van der Waals surface area contributed by atoms with Crippen LogP contribution in [0.25, 0.3) is 0 Å². The molecule has 69 heavy (non-hydrogen) atoms. The van der Waals surface area contributed by atoms with E-state index in [1.165, 1.54) is 16.8 Å².